The van der Waals surface area contributed by atoms with Gasteiger partial charge in [-0.2, -0.15) is 74.6 Å². The summed E-state index contributed by atoms with van der Waals surface area (Å²) in [4.78, 5) is 0. The molecule has 27 heteroatoms. The fourth-order valence-electron chi connectivity index (χ4n) is 0.634. The normalized spacial score (nSPS) is 15.0. The van der Waals surface area contributed by atoms with Crippen molar-refractivity contribution in [3.63, 3.8) is 0 Å². The van der Waals surface area contributed by atoms with Crippen LogP contribution in [0.25, 0.3) is 0 Å². The Morgan fingerprint density at radius 1 is 0.548 bits per heavy atom. The summed E-state index contributed by atoms with van der Waals surface area (Å²) >= 11 is 2.65. The molecule has 0 aromatic heterocycles. The van der Waals surface area contributed by atoms with Crippen molar-refractivity contribution in [3.05, 3.63) is 49.3 Å². The van der Waals surface area contributed by atoms with Gasteiger partial charge in [-0.05, 0) is 35.4 Å². The number of allylic oxidation sites excluding steroid dienone is 3. The molecule has 256 valence electrons. The molecule has 0 N–H and O–H groups in total. The van der Waals surface area contributed by atoms with Crippen LogP contribution in [0.2, 0.25) is 0 Å². The standard InChI is InChI=1S/2C5H3ClF6.C3H3F3.C2ClF3.5FH.Sb/c1-2-3(7,8)4(9,10)5(6,11)12;1-2-3(7,8)4(6,9)5(10,11)12;1-2-3(4,5)6;3-1(4)2(5)6;;;;;;/h2*2H,1H2;2H,1H2;;5*1H;/q;;;;;;;;;+5/p-5. The van der Waals surface area contributed by atoms with Gasteiger partial charge in [0.2, 0.25) is 0 Å². The molecule has 0 saturated heterocycles. The fraction of sp³-hybridized carbons (Fsp3) is 0.467. The topological polar surface area (TPSA) is 0 Å². The summed E-state index contributed by atoms with van der Waals surface area (Å²) in [7, 11) is 0. The van der Waals surface area contributed by atoms with Crippen LogP contribution in [-0.4, -0.2) is 60.9 Å². The van der Waals surface area contributed by atoms with E-state index < -0.39 is 84.4 Å². The molecular weight excluding hydrogens is 845 g/mol. The second-order valence-corrected chi connectivity index (χ2v) is 10.7. The summed E-state index contributed by atoms with van der Waals surface area (Å²) in [6.07, 6.45) is -13.6. The SMILES string of the molecule is C=CC(F)(F)C(F)(Cl)C(F)(F)F.C=CC(F)(F)C(F)(F)C(F)(F)Cl.C=CC(F)(F)F.FC(F)=C(F)Cl.[F][Sb]([F])([F])([F])[F]. The number of hydrogen-bond acceptors (Lipinski definition) is 0. The van der Waals surface area contributed by atoms with Gasteiger partial charge >= 0.3 is 81.1 Å². The van der Waals surface area contributed by atoms with E-state index in [2.05, 4.69) is 54.5 Å². The second kappa shape index (κ2) is 16.9. The van der Waals surface area contributed by atoms with Gasteiger partial charge in [0.05, 0.1) is 0 Å². The zero-order chi connectivity index (χ0) is 36.2. The first-order valence-corrected chi connectivity index (χ1v) is 14.1. The van der Waals surface area contributed by atoms with Crippen molar-refractivity contribution in [1.29, 1.82) is 0 Å². The average molecular weight is 854 g/mol. The van der Waals surface area contributed by atoms with Crippen molar-refractivity contribution in [2.75, 3.05) is 0 Å². The Hall–Kier alpha value is -0.962. The number of halogens is 26. The summed E-state index contributed by atoms with van der Waals surface area (Å²) < 4.78 is 255. The van der Waals surface area contributed by atoms with Crippen molar-refractivity contribution >= 4 is 55.1 Å². The molecule has 0 rings (SSSR count). The summed E-state index contributed by atoms with van der Waals surface area (Å²) in [6, 6.07) is 0. The molecular formula is C15H9Cl3F23Sb. The third kappa shape index (κ3) is 24.5. The van der Waals surface area contributed by atoms with E-state index in [9.17, 15) is 93.1 Å². The average Bonchev–Trinajstić information content (AvgIpc) is 2.70. The molecule has 1 unspecified atom stereocenters. The Kier molecular flexibility index (Phi) is 20.4. The van der Waals surface area contributed by atoms with Crippen molar-refractivity contribution in [3.8, 4) is 0 Å². The first kappa shape index (κ1) is 50.7. The van der Waals surface area contributed by atoms with Gasteiger partial charge in [-0.3, -0.25) is 0 Å². The van der Waals surface area contributed by atoms with Crippen LogP contribution < -0.4 is 0 Å². The van der Waals surface area contributed by atoms with Crippen molar-refractivity contribution < 1.29 is 93.1 Å². The molecule has 0 radical (unpaired) electrons. The predicted octanol–water partition coefficient (Wildman–Crippen LogP) is 12.3. The Labute approximate surface area is 238 Å². The van der Waals surface area contributed by atoms with Gasteiger partial charge in [-0.1, -0.05) is 31.3 Å². The van der Waals surface area contributed by atoms with Crippen LogP contribution in [-0.2, 0) is 0 Å². The van der Waals surface area contributed by atoms with Gasteiger partial charge < -0.3 is 0 Å². The van der Waals surface area contributed by atoms with Crippen LogP contribution in [0.5, 0.6) is 0 Å². The quantitative estimate of drug-likeness (QED) is 0.112. The van der Waals surface area contributed by atoms with E-state index in [0.717, 1.165) is 0 Å². The molecule has 0 aromatic rings. The Bertz CT molecular complexity index is 796. The van der Waals surface area contributed by atoms with E-state index in [-0.39, 0.29) is 6.08 Å². The molecule has 0 amide bonds. The number of hydrogen-bond donors (Lipinski definition) is 0. The monoisotopic (exact) mass is 852 g/mol. The first-order valence-electron chi connectivity index (χ1n) is 8.15. The third-order valence-corrected chi connectivity index (χ3v) is 3.28. The molecule has 0 spiro atoms. The molecule has 0 fully saturated rings. The van der Waals surface area contributed by atoms with Gasteiger partial charge in [0.25, 0.3) is 5.29 Å². The summed E-state index contributed by atoms with van der Waals surface area (Å²) in [5.41, 5.74) is 0. The number of rotatable bonds is 5. The Morgan fingerprint density at radius 3 is 0.810 bits per heavy atom. The molecule has 0 saturated carbocycles. The minimum atomic E-state index is -9.19. The van der Waals surface area contributed by atoms with Gasteiger partial charge in [0, 0.05) is 6.08 Å². The summed E-state index contributed by atoms with van der Waals surface area (Å²) in [6.45, 7) is 7.13. The van der Waals surface area contributed by atoms with Crippen molar-refractivity contribution in [2.24, 2.45) is 0 Å². The molecule has 0 heterocycles. The second-order valence-electron chi connectivity index (χ2n) is 5.70. The van der Waals surface area contributed by atoms with Crippen LogP contribution >= 0.6 is 34.8 Å². The zero-order valence-electron chi connectivity index (χ0n) is 18.6. The molecule has 1 atom stereocenters. The fourth-order valence-corrected chi connectivity index (χ4v) is 0.837. The van der Waals surface area contributed by atoms with E-state index in [1.54, 1.807) is 0 Å². The van der Waals surface area contributed by atoms with Crippen LogP contribution in [0.1, 0.15) is 0 Å². The molecule has 0 nitrogen and oxygen atoms in total. The van der Waals surface area contributed by atoms with Gasteiger partial charge in [-0.25, -0.2) is 4.39 Å². The van der Waals surface area contributed by atoms with Gasteiger partial charge in [0.1, 0.15) is 0 Å². The van der Waals surface area contributed by atoms with Crippen molar-refractivity contribution in [1.82, 2.24) is 0 Å². The van der Waals surface area contributed by atoms with E-state index in [4.69, 9.17) is 0 Å². The molecule has 0 aliphatic heterocycles. The van der Waals surface area contributed by atoms with E-state index in [1.807, 2.05) is 0 Å². The van der Waals surface area contributed by atoms with Crippen LogP contribution in [0.3, 0.4) is 0 Å². The minimum absolute atomic E-state index is 0.0625. The van der Waals surface area contributed by atoms with Crippen LogP contribution in [0, 0.1) is 0 Å². The summed E-state index contributed by atoms with van der Waals surface area (Å²) in [5, 5.41) is -12.3. The van der Waals surface area contributed by atoms with Crippen LogP contribution in [0.15, 0.2) is 49.3 Å². The van der Waals surface area contributed by atoms with E-state index in [0.29, 0.717) is 0 Å². The first-order chi connectivity index (χ1) is 17.6. The zero-order valence-corrected chi connectivity index (χ0v) is 23.4. The molecule has 0 aliphatic rings. The molecule has 0 bridgehead atoms. The van der Waals surface area contributed by atoms with Crippen LogP contribution in [0.4, 0.5) is 93.1 Å². The predicted molar refractivity (Wildman–Crippen MR) is 106 cm³/mol. The van der Waals surface area contributed by atoms with Gasteiger partial charge in [0.15, 0.2) is 0 Å². The Balaban J connectivity index is -0.000000142. The van der Waals surface area contributed by atoms with Gasteiger partial charge in [-0.15, -0.1) is 0 Å². The van der Waals surface area contributed by atoms with E-state index in [1.165, 1.54) is 0 Å². The molecule has 0 aromatic carbocycles. The maximum absolute atomic E-state index is 12.2. The molecule has 0 aliphatic carbocycles. The summed E-state index contributed by atoms with van der Waals surface area (Å²) in [5.74, 6) is -15.5. The van der Waals surface area contributed by atoms with E-state index >= 15 is 0 Å². The van der Waals surface area contributed by atoms with Crippen molar-refractivity contribution in [2.45, 2.75) is 40.6 Å². The number of alkyl halides is 17. The third-order valence-electron chi connectivity index (χ3n) is 2.44. The maximum atomic E-state index is 12.2. The molecule has 42 heavy (non-hydrogen) atoms. The Morgan fingerprint density at radius 2 is 0.762 bits per heavy atom.